The van der Waals surface area contributed by atoms with Crippen LogP contribution >= 0.6 is 11.6 Å². The minimum absolute atomic E-state index is 0.0936. The fourth-order valence-electron chi connectivity index (χ4n) is 3.15. The van der Waals surface area contributed by atoms with Crippen LogP contribution in [0.1, 0.15) is 22.5 Å². The molecule has 1 aromatic heterocycles. The summed E-state index contributed by atoms with van der Waals surface area (Å²) in [5, 5.41) is 12.7. The van der Waals surface area contributed by atoms with Crippen molar-refractivity contribution >= 4 is 29.6 Å². The first kappa shape index (κ1) is 16.4. The summed E-state index contributed by atoms with van der Waals surface area (Å²) in [6, 6.07) is 10.0. The first-order valence-electron chi connectivity index (χ1n) is 8.04. The highest BCUT2D eigenvalue weighted by Gasteiger charge is 2.34. The Hall–Kier alpha value is -3.05. The molecule has 1 aliphatic heterocycles. The summed E-state index contributed by atoms with van der Waals surface area (Å²) >= 11 is 6.10. The number of halogens is 1. The second kappa shape index (κ2) is 6.35. The van der Waals surface area contributed by atoms with Gasteiger partial charge in [0.05, 0.1) is 5.56 Å². The van der Waals surface area contributed by atoms with Gasteiger partial charge in [0, 0.05) is 27.8 Å². The molecule has 26 heavy (non-hydrogen) atoms. The molecule has 1 unspecified atom stereocenters. The van der Waals surface area contributed by atoms with Gasteiger partial charge in [-0.15, -0.1) is 0 Å². The van der Waals surface area contributed by atoms with Crippen LogP contribution in [0.4, 0.5) is 0 Å². The zero-order valence-electron chi connectivity index (χ0n) is 13.5. The first-order chi connectivity index (χ1) is 12.5. The number of amides is 1. The smallest absolute Gasteiger partial charge is 0.335 e. The Morgan fingerprint density at radius 2 is 2.12 bits per heavy atom. The van der Waals surface area contributed by atoms with Gasteiger partial charge in [-0.1, -0.05) is 23.7 Å². The molecular formula is C20H14ClNO4. The van der Waals surface area contributed by atoms with Gasteiger partial charge >= 0.3 is 5.97 Å². The largest absolute Gasteiger partial charge is 0.478 e. The normalized spacial score (nSPS) is 20.4. The predicted molar refractivity (Wildman–Crippen MR) is 97.3 cm³/mol. The number of fused-ring (bicyclic) bond motifs is 1. The molecule has 2 heterocycles. The third-order valence-electron chi connectivity index (χ3n) is 4.43. The van der Waals surface area contributed by atoms with Gasteiger partial charge in [-0.25, -0.2) is 4.79 Å². The lowest BCUT2D eigenvalue weighted by Crippen LogP contribution is -2.13. The summed E-state index contributed by atoms with van der Waals surface area (Å²) in [5.74, 6) is -0.186. The van der Waals surface area contributed by atoms with Crippen LogP contribution in [0.3, 0.4) is 0 Å². The summed E-state index contributed by atoms with van der Waals surface area (Å²) in [5.41, 5.74) is 2.29. The SMILES string of the molecule is O=C1NC2=CC=C(Cl)CC2/C1=C\c1ccc(-c2cccc(C(=O)O)c2)o1. The Morgan fingerprint density at radius 1 is 1.27 bits per heavy atom. The molecule has 2 N–H and O–H groups in total. The summed E-state index contributed by atoms with van der Waals surface area (Å²) in [4.78, 5) is 23.4. The van der Waals surface area contributed by atoms with Crippen molar-refractivity contribution in [1.82, 2.24) is 5.32 Å². The number of rotatable bonds is 3. The number of furan rings is 1. The van der Waals surface area contributed by atoms with Crippen LogP contribution < -0.4 is 5.32 Å². The van der Waals surface area contributed by atoms with Gasteiger partial charge < -0.3 is 14.8 Å². The van der Waals surface area contributed by atoms with Crippen LogP contribution in [-0.4, -0.2) is 17.0 Å². The van der Waals surface area contributed by atoms with Crippen molar-refractivity contribution < 1.29 is 19.1 Å². The zero-order chi connectivity index (χ0) is 18.3. The minimum Gasteiger partial charge on any atom is -0.478 e. The van der Waals surface area contributed by atoms with Crippen LogP contribution in [-0.2, 0) is 4.79 Å². The molecule has 5 nitrogen and oxygen atoms in total. The van der Waals surface area contributed by atoms with Crippen molar-refractivity contribution in [2.24, 2.45) is 5.92 Å². The maximum Gasteiger partial charge on any atom is 0.335 e. The van der Waals surface area contributed by atoms with Crippen molar-refractivity contribution in [1.29, 1.82) is 0 Å². The van der Waals surface area contributed by atoms with E-state index in [4.69, 9.17) is 21.1 Å². The van der Waals surface area contributed by atoms with Crippen LogP contribution in [0.5, 0.6) is 0 Å². The maximum absolute atomic E-state index is 12.3. The van der Waals surface area contributed by atoms with Crippen molar-refractivity contribution in [2.75, 3.05) is 0 Å². The van der Waals surface area contributed by atoms with E-state index in [1.165, 1.54) is 6.07 Å². The van der Waals surface area contributed by atoms with E-state index in [-0.39, 0.29) is 17.4 Å². The quantitative estimate of drug-likeness (QED) is 0.797. The van der Waals surface area contributed by atoms with E-state index < -0.39 is 5.97 Å². The van der Waals surface area contributed by atoms with Crippen LogP contribution in [0, 0.1) is 5.92 Å². The van der Waals surface area contributed by atoms with E-state index in [0.717, 1.165) is 5.70 Å². The Balaban J connectivity index is 1.65. The highest BCUT2D eigenvalue weighted by atomic mass is 35.5. The van der Waals surface area contributed by atoms with E-state index in [9.17, 15) is 9.59 Å². The zero-order valence-corrected chi connectivity index (χ0v) is 14.3. The van der Waals surface area contributed by atoms with Crippen LogP contribution in [0.2, 0.25) is 0 Å². The number of carboxylic acids is 1. The number of hydrogen-bond donors (Lipinski definition) is 2. The Morgan fingerprint density at radius 3 is 2.92 bits per heavy atom. The summed E-state index contributed by atoms with van der Waals surface area (Å²) in [6.45, 7) is 0. The number of benzene rings is 1. The van der Waals surface area contributed by atoms with Crippen molar-refractivity contribution in [3.05, 3.63) is 76.2 Å². The van der Waals surface area contributed by atoms with E-state index >= 15 is 0 Å². The van der Waals surface area contributed by atoms with E-state index in [1.807, 2.05) is 6.08 Å². The average Bonchev–Trinajstić information content (AvgIpc) is 3.21. The van der Waals surface area contributed by atoms with Crippen molar-refractivity contribution in [3.8, 4) is 11.3 Å². The second-order valence-corrected chi connectivity index (χ2v) is 6.62. The standard InChI is InChI=1S/C20H14ClNO4/c21-13-4-6-17-15(9-13)16(19(23)22-17)10-14-5-7-18(26-14)11-2-1-3-12(8-11)20(24)25/h1-8,10,15H,9H2,(H,22,23)(H,24,25)/b16-10+. The Kier molecular flexibility index (Phi) is 4.01. The van der Waals surface area contributed by atoms with E-state index in [0.29, 0.717) is 34.1 Å². The van der Waals surface area contributed by atoms with Crippen LogP contribution in [0.25, 0.3) is 17.4 Å². The predicted octanol–water partition coefficient (Wildman–Crippen LogP) is 4.18. The number of carbonyl (C=O) groups is 2. The number of nitrogens with one attached hydrogen (secondary N) is 1. The van der Waals surface area contributed by atoms with Gasteiger partial charge in [-0.2, -0.15) is 0 Å². The lowest BCUT2D eigenvalue weighted by Gasteiger charge is -2.14. The number of aromatic carboxylic acids is 1. The van der Waals surface area contributed by atoms with E-state index in [1.54, 1.807) is 42.5 Å². The van der Waals surface area contributed by atoms with Gasteiger partial charge in [0.1, 0.15) is 11.5 Å². The summed E-state index contributed by atoms with van der Waals surface area (Å²) < 4.78 is 5.80. The summed E-state index contributed by atoms with van der Waals surface area (Å²) in [6.07, 6.45) is 5.89. The minimum atomic E-state index is -0.995. The molecule has 1 aliphatic carbocycles. The molecule has 0 saturated carbocycles. The number of carbonyl (C=O) groups excluding carboxylic acids is 1. The number of carboxylic acid groups (broad SMARTS) is 1. The first-order valence-corrected chi connectivity index (χ1v) is 8.42. The van der Waals surface area contributed by atoms with Crippen molar-refractivity contribution in [2.45, 2.75) is 6.42 Å². The molecule has 130 valence electrons. The molecule has 4 rings (SSSR count). The summed E-state index contributed by atoms with van der Waals surface area (Å²) in [7, 11) is 0. The molecule has 0 radical (unpaired) electrons. The monoisotopic (exact) mass is 367 g/mol. The molecule has 1 amide bonds. The van der Waals surface area contributed by atoms with Gasteiger partial charge in [0.15, 0.2) is 0 Å². The molecule has 0 spiro atoms. The molecule has 2 aliphatic rings. The molecule has 0 bridgehead atoms. The van der Waals surface area contributed by atoms with Crippen LogP contribution in [0.15, 0.2) is 69.3 Å². The number of hydrogen-bond acceptors (Lipinski definition) is 3. The Bertz CT molecular complexity index is 1010. The maximum atomic E-state index is 12.3. The molecular weight excluding hydrogens is 354 g/mol. The molecule has 1 fully saturated rings. The van der Waals surface area contributed by atoms with Crippen molar-refractivity contribution in [3.63, 3.8) is 0 Å². The van der Waals surface area contributed by atoms with Gasteiger partial charge in [0.25, 0.3) is 5.91 Å². The molecule has 1 aromatic carbocycles. The molecule has 6 heteroatoms. The fourth-order valence-corrected chi connectivity index (χ4v) is 3.36. The fraction of sp³-hybridized carbons (Fsp3) is 0.100. The Labute approximate surface area is 154 Å². The average molecular weight is 368 g/mol. The second-order valence-electron chi connectivity index (χ2n) is 6.13. The highest BCUT2D eigenvalue weighted by molar-refractivity contribution is 6.30. The van der Waals surface area contributed by atoms with Gasteiger partial charge in [-0.05, 0) is 48.9 Å². The highest BCUT2D eigenvalue weighted by Crippen LogP contribution is 2.37. The van der Waals surface area contributed by atoms with Gasteiger partial charge in [-0.3, -0.25) is 4.79 Å². The molecule has 1 atom stereocenters. The topological polar surface area (TPSA) is 79.5 Å². The number of allylic oxidation sites excluding steroid dienone is 4. The third-order valence-corrected chi connectivity index (χ3v) is 4.71. The third kappa shape index (κ3) is 2.97. The van der Waals surface area contributed by atoms with E-state index in [2.05, 4.69) is 5.32 Å². The van der Waals surface area contributed by atoms with Gasteiger partial charge in [0.2, 0.25) is 0 Å². The molecule has 2 aromatic rings. The lowest BCUT2D eigenvalue weighted by molar-refractivity contribution is -0.115. The molecule has 1 saturated heterocycles. The lowest BCUT2D eigenvalue weighted by atomic mass is 9.92.